The zero-order chi connectivity index (χ0) is 13.5. The minimum Gasteiger partial charge on any atom is -0.347 e. The average molecular weight is 271 g/mol. The van der Waals surface area contributed by atoms with E-state index in [-0.39, 0.29) is 5.91 Å². The molecule has 0 spiro atoms. The number of benzene rings is 1. The fourth-order valence-corrected chi connectivity index (χ4v) is 2.05. The van der Waals surface area contributed by atoms with Crippen molar-refractivity contribution in [2.75, 3.05) is 6.54 Å². The Morgan fingerprint density at radius 1 is 1.47 bits per heavy atom. The number of aromatic nitrogens is 1. The van der Waals surface area contributed by atoms with E-state index in [2.05, 4.69) is 22.1 Å². The quantitative estimate of drug-likeness (QED) is 0.829. The normalized spacial score (nSPS) is 9.53. The molecule has 0 unspecified atom stereocenters. The Morgan fingerprint density at radius 2 is 2.37 bits per heavy atom. The molecule has 19 heavy (non-hydrogen) atoms. The van der Waals surface area contributed by atoms with Crippen LogP contribution in [0.25, 0.3) is 0 Å². The molecule has 4 nitrogen and oxygen atoms in total. The van der Waals surface area contributed by atoms with Crippen LogP contribution in [0.15, 0.2) is 36.0 Å². The van der Waals surface area contributed by atoms with E-state index in [4.69, 9.17) is 5.73 Å². The molecule has 0 aliphatic heterocycles. The third-order valence-electron chi connectivity index (χ3n) is 2.37. The Kier molecular flexibility index (Phi) is 4.67. The van der Waals surface area contributed by atoms with E-state index in [1.807, 2.05) is 24.3 Å². The number of nitrogens with two attached hydrogens (primary N) is 1. The number of hydrogen-bond donors (Lipinski definition) is 2. The van der Waals surface area contributed by atoms with Crippen molar-refractivity contribution in [1.82, 2.24) is 10.3 Å². The lowest BCUT2D eigenvalue weighted by Crippen LogP contribution is -2.21. The molecule has 0 aliphatic rings. The highest BCUT2D eigenvalue weighted by Crippen LogP contribution is 2.07. The molecule has 0 bridgehead atoms. The number of carbonyl (C=O) groups is 1. The summed E-state index contributed by atoms with van der Waals surface area (Å²) in [5.41, 5.74) is 8.87. The molecule has 0 radical (unpaired) electrons. The highest BCUT2D eigenvalue weighted by atomic mass is 32.1. The summed E-state index contributed by atoms with van der Waals surface area (Å²) in [5.74, 6) is 5.66. The first kappa shape index (κ1) is 13.3. The maximum atomic E-state index is 11.8. The van der Waals surface area contributed by atoms with Crippen LogP contribution in [0.2, 0.25) is 0 Å². The van der Waals surface area contributed by atoms with E-state index in [1.165, 1.54) is 11.3 Å². The van der Waals surface area contributed by atoms with Crippen LogP contribution in [0, 0.1) is 11.8 Å². The predicted molar refractivity (Wildman–Crippen MR) is 75.7 cm³/mol. The fourth-order valence-electron chi connectivity index (χ4n) is 1.51. The van der Waals surface area contributed by atoms with Crippen molar-refractivity contribution in [3.05, 3.63) is 52.0 Å². The van der Waals surface area contributed by atoms with Crippen molar-refractivity contribution < 1.29 is 4.79 Å². The lowest BCUT2D eigenvalue weighted by Gasteiger charge is -2.04. The summed E-state index contributed by atoms with van der Waals surface area (Å²) in [6.07, 6.45) is 1.56. The Balaban J connectivity index is 1.98. The number of carbonyl (C=O) groups excluding carboxylic acids is 1. The highest BCUT2D eigenvalue weighted by Gasteiger charge is 2.06. The van der Waals surface area contributed by atoms with Gasteiger partial charge < -0.3 is 11.1 Å². The molecule has 2 rings (SSSR count). The average Bonchev–Trinajstić information content (AvgIpc) is 2.97. The van der Waals surface area contributed by atoms with Gasteiger partial charge in [-0.3, -0.25) is 9.78 Å². The van der Waals surface area contributed by atoms with Gasteiger partial charge in [0.1, 0.15) is 4.88 Å². The molecule has 2 aromatic rings. The van der Waals surface area contributed by atoms with Crippen LogP contribution < -0.4 is 11.1 Å². The Morgan fingerprint density at radius 3 is 3.11 bits per heavy atom. The second-order valence-corrected chi connectivity index (χ2v) is 4.64. The van der Waals surface area contributed by atoms with Crippen molar-refractivity contribution in [1.29, 1.82) is 0 Å². The fraction of sp³-hybridized carbons (Fsp3) is 0.143. The smallest absolute Gasteiger partial charge is 0.263 e. The molecule has 0 saturated carbocycles. The van der Waals surface area contributed by atoms with E-state index >= 15 is 0 Å². The lowest BCUT2D eigenvalue weighted by molar-refractivity contribution is 0.0955. The summed E-state index contributed by atoms with van der Waals surface area (Å²) < 4.78 is 0. The van der Waals surface area contributed by atoms with Crippen molar-refractivity contribution in [2.45, 2.75) is 6.54 Å². The van der Waals surface area contributed by atoms with Crippen LogP contribution in [0.4, 0.5) is 0 Å². The van der Waals surface area contributed by atoms with Gasteiger partial charge in [0.05, 0.1) is 18.3 Å². The Bertz CT molecular complexity index is 611. The summed E-state index contributed by atoms with van der Waals surface area (Å²) >= 11 is 1.32. The molecule has 1 aromatic carbocycles. The second kappa shape index (κ2) is 6.69. The molecule has 0 atom stereocenters. The lowest BCUT2D eigenvalue weighted by atomic mass is 10.1. The van der Waals surface area contributed by atoms with Crippen LogP contribution >= 0.6 is 11.3 Å². The monoisotopic (exact) mass is 271 g/mol. The number of nitrogens with zero attached hydrogens (tertiary/aromatic N) is 1. The first-order chi connectivity index (χ1) is 9.29. The predicted octanol–water partition coefficient (Wildman–Crippen LogP) is 1.38. The molecular weight excluding hydrogens is 258 g/mol. The molecule has 0 saturated heterocycles. The molecule has 5 heteroatoms. The first-order valence-electron chi connectivity index (χ1n) is 5.74. The van der Waals surface area contributed by atoms with E-state index in [0.29, 0.717) is 18.0 Å². The van der Waals surface area contributed by atoms with Crippen molar-refractivity contribution in [3.63, 3.8) is 0 Å². The van der Waals surface area contributed by atoms with Crippen LogP contribution in [0.3, 0.4) is 0 Å². The first-order valence-corrected chi connectivity index (χ1v) is 6.62. The van der Waals surface area contributed by atoms with E-state index in [0.717, 1.165) is 11.1 Å². The summed E-state index contributed by atoms with van der Waals surface area (Å²) in [7, 11) is 0. The van der Waals surface area contributed by atoms with Crippen LogP contribution in [0.1, 0.15) is 20.8 Å². The standard InChI is InChI=1S/C14H13N3OS/c15-6-2-5-11-3-1-4-12(7-11)8-17-14(18)13-9-16-10-19-13/h1,3-4,7,9-10H,6,8,15H2,(H,17,18). The van der Waals surface area contributed by atoms with Gasteiger partial charge in [-0.15, -0.1) is 11.3 Å². The highest BCUT2D eigenvalue weighted by molar-refractivity contribution is 7.11. The van der Waals surface area contributed by atoms with Crippen LogP contribution in [0.5, 0.6) is 0 Å². The minimum atomic E-state index is -0.110. The number of rotatable bonds is 3. The van der Waals surface area contributed by atoms with Gasteiger partial charge in [0.15, 0.2) is 0 Å². The zero-order valence-corrected chi connectivity index (χ0v) is 11.0. The van der Waals surface area contributed by atoms with Gasteiger partial charge in [0.2, 0.25) is 0 Å². The van der Waals surface area contributed by atoms with Crippen molar-refractivity contribution >= 4 is 17.2 Å². The minimum absolute atomic E-state index is 0.110. The second-order valence-electron chi connectivity index (χ2n) is 3.75. The summed E-state index contributed by atoms with van der Waals surface area (Å²) in [6, 6.07) is 7.71. The van der Waals surface area contributed by atoms with Gasteiger partial charge in [-0.2, -0.15) is 0 Å². The molecular formula is C14H13N3OS. The molecule has 1 heterocycles. The number of hydrogen-bond acceptors (Lipinski definition) is 4. The van der Waals surface area contributed by atoms with Gasteiger partial charge in [0, 0.05) is 12.1 Å². The Labute approximate surface area is 115 Å². The van der Waals surface area contributed by atoms with Gasteiger partial charge in [-0.1, -0.05) is 24.0 Å². The van der Waals surface area contributed by atoms with Gasteiger partial charge >= 0.3 is 0 Å². The maximum Gasteiger partial charge on any atom is 0.263 e. The van der Waals surface area contributed by atoms with E-state index in [1.54, 1.807) is 11.7 Å². The SMILES string of the molecule is NCC#Cc1cccc(CNC(=O)c2cncs2)c1. The third-order valence-corrected chi connectivity index (χ3v) is 3.14. The summed E-state index contributed by atoms with van der Waals surface area (Å²) in [5, 5.41) is 2.84. The van der Waals surface area contributed by atoms with Crippen LogP contribution in [-0.4, -0.2) is 17.4 Å². The van der Waals surface area contributed by atoms with E-state index in [9.17, 15) is 4.79 Å². The Hall–Kier alpha value is -2.16. The summed E-state index contributed by atoms with van der Waals surface area (Å²) in [6.45, 7) is 0.807. The number of thiazole rings is 1. The van der Waals surface area contributed by atoms with Gasteiger partial charge in [-0.05, 0) is 17.7 Å². The maximum absolute atomic E-state index is 11.8. The van der Waals surface area contributed by atoms with Crippen LogP contribution in [-0.2, 0) is 6.54 Å². The van der Waals surface area contributed by atoms with Gasteiger partial charge in [0.25, 0.3) is 5.91 Å². The van der Waals surface area contributed by atoms with E-state index < -0.39 is 0 Å². The van der Waals surface area contributed by atoms with Crippen molar-refractivity contribution in [3.8, 4) is 11.8 Å². The topological polar surface area (TPSA) is 68.0 Å². The molecule has 0 aliphatic carbocycles. The molecule has 1 amide bonds. The summed E-state index contributed by atoms with van der Waals surface area (Å²) in [4.78, 5) is 16.2. The molecule has 96 valence electrons. The number of amides is 1. The molecule has 3 N–H and O–H groups in total. The number of nitrogens with one attached hydrogen (secondary N) is 1. The largest absolute Gasteiger partial charge is 0.347 e. The molecule has 1 aromatic heterocycles. The molecule has 0 fully saturated rings. The van der Waals surface area contributed by atoms with Crippen molar-refractivity contribution in [2.24, 2.45) is 5.73 Å². The zero-order valence-electron chi connectivity index (χ0n) is 10.2. The third kappa shape index (κ3) is 3.91. The van der Waals surface area contributed by atoms with Gasteiger partial charge in [-0.25, -0.2) is 0 Å².